The van der Waals surface area contributed by atoms with Crippen molar-refractivity contribution in [3.63, 3.8) is 0 Å². The minimum atomic E-state index is 0.857. The summed E-state index contributed by atoms with van der Waals surface area (Å²) >= 11 is 0. The van der Waals surface area contributed by atoms with Crippen LogP contribution in [0.25, 0.3) is 17.3 Å². The molecule has 0 aliphatic carbocycles. The summed E-state index contributed by atoms with van der Waals surface area (Å²) in [5.41, 5.74) is 4.01. The van der Waals surface area contributed by atoms with Gasteiger partial charge in [-0.05, 0) is 36.8 Å². The summed E-state index contributed by atoms with van der Waals surface area (Å²) in [5, 5.41) is 4.57. The van der Waals surface area contributed by atoms with Crippen LogP contribution in [-0.2, 0) is 0 Å². The van der Waals surface area contributed by atoms with E-state index >= 15 is 0 Å². The molecule has 0 aliphatic heterocycles. The molecule has 0 bridgehead atoms. The average molecular weight is 262 g/mol. The molecule has 0 aliphatic rings. The third-order valence-corrected chi connectivity index (χ3v) is 2.96. The summed E-state index contributed by atoms with van der Waals surface area (Å²) in [6, 6.07) is 12.1. The molecule has 20 heavy (non-hydrogen) atoms. The maximum atomic E-state index is 4.57. The number of benzene rings is 1. The van der Waals surface area contributed by atoms with E-state index in [4.69, 9.17) is 0 Å². The number of allylic oxidation sites excluding steroid dienone is 5. The van der Waals surface area contributed by atoms with Crippen molar-refractivity contribution in [2.24, 2.45) is 0 Å². The second-order valence-corrected chi connectivity index (χ2v) is 4.24. The number of aromatic nitrogens is 2. The van der Waals surface area contributed by atoms with Crippen molar-refractivity contribution in [1.29, 1.82) is 0 Å². The lowest BCUT2D eigenvalue weighted by Crippen LogP contribution is -2.00. The van der Waals surface area contributed by atoms with Crippen LogP contribution in [0, 0.1) is 0 Å². The van der Waals surface area contributed by atoms with E-state index in [1.807, 2.05) is 60.2 Å². The van der Waals surface area contributed by atoms with E-state index in [2.05, 4.69) is 24.3 Å². The Morgan fingerprint density at radius 1 is 1.20 bits per heavy atom. The molecule has 1 heterocycles. The maximum absolute atomic E-state index is 4.57. The minimum Gasteiger partial charge on any atom is -0.233 e. The predicted octanol–water partition coefficient (Wildman–Crippen LogP) is 4.66. The highest BCUT2D eigenvalue weighted by molar-refractivity contribution is 5.74. The van der Waals surface area contributed by atoms with Gasteiger partial charge in [-0.2, -0.15) is 5.10 Å². The molecular formula is C18H18N2. The fraction of sp³-hybridized carbons (Fsp3) is 0.0556. The molecule has 2 rings (SSSR count). The van der Waals surface area contributed by atoms with Crippen LogP contribution in [0.3, 0.4) is 0 Å². The van der Waals surface area contributed by atoms with E-state index < -0.39 is 0 Å². The molecule has 2 heteroatoms. The van der Waals surface area contributed by atoms with E-state index in [9.17, 15) is 0 Å². The summed E-state index contributed by atoms with van der Waals surface area (Å²) in [6.07, 6.45) is 9.53. The Balaban J connectivity index is 2.57. The highest BCUT2D eigenvalue weighted by Crippen LogP contribution is 2.22. The third kappa shape index (κ3) is 2.86. The standard InChI is InChI=1S/C18H18N2/c1-4-7-11-15(5-2)18-14-16(6-3)19-20(18)17-12-9-8-10-13-17/h4-14H,1,3H2,2H3/b11-7-,15-5+. The summed E-state index contributed by atoms with van der Waals surface area (Å²) < 4.78 is 1.93. The average Bonchev–Trinajstić information content (AvgIpc) is 2.93. The van der Waals surface area contributed by atoms with Crippen molar-refractivity contribution in [1.82, 2.24) is 9.78 Å². The number of nitrogens with zero attached hydrogens (tertiary/aromatic N) is 2. The molecule has 0 fully saturated rings. The number of rotatable bonds is 5. The quantitative estimate of drug-likeness (QED) is 0.716. The first-order valence-corrected chi connectivity index (χ1v) is 6.54. The van der Waals surface area contributed by atoms with Gasteiger partial charge in [-0.1, -0.05) is 55.7 Å². The molecule has 0 amide bonds. The Labute approximate surface area is 120 Å². The van der Waals surface area contributed by atoms with Gasteiger partial charge < -0.3 is 0 Å². The zero-order valence-corrected chi connectivity index (χ0v) is 11.7. The predicted molar refractivity (Wildman–Crippen MR) is 86.6 cm³/mol. The first-order chi connectivity index (χ1) is 9.80. The van der Waals surface area contributed by atoms with Gasteiger partial charge in [0.2, 0.25) is 0 Å². The Kier molecular flexibility index (Phi) is 4.51. The van der Waals surface area contributed by atoms with Gasteiger partial charge in [-0.3, -0.25) is 0 Å². The maximum Gasteiger partial charge on any atom is 0.0856 e. The van der Waals surface area contributed by atoms with Crippen LogP contribution in [0.1, 0.15) is 18.3 Å². The number of para-hydroxylation sites is 1. The Bertz CT molecular complexity index is 658. The van der Waals surface area contributed by atoms with Crippen LogP contribution in [0.5, 0.6) is 0 Å². The molecule has 0 atom stereocenters. The minimum absolute atomic E-state index is 0.857. The zero-order valence-electron chi connectivity index (χ0n) is 11.7. The highest BCUT2D eigenvalue weighted by atomic mass is 15.3. The molecule has 1 aromatic carbocycles. The summed E-state index contributed by atoms with van der Waals surface area (Å²) in [7, 11) is 0. The Morgan fingerprint density at radius 2 is 1.95 bits per heavy atom. The Morgan fingerprint density at radius 3 is 2.55 bits per heavy atom. The van der Waals surface area contributed by atoms with Crippen molar-refractivity contribution in [2.75, 3.05) is 0 Å². The molecule has 100 valence electrons. The highest BCUT2D eigenvalue weighted by Gasteiger charge is 2.10. The van der Waals surface area contributed by atoms with Crippen molar-refractivity contribution in [3.05, 3.63) is 85.2 Å². The molecule has 0 N–H and O–H groups in total. The molecule has 1 aromatic heterocycles. The number of hydrogen-bond donors (Lipinski definition) is 0. The van der Waals surface area contributed by atoms with Gasteiger partial charge in [-0.15, -0.1) is 0 Å². The zero-order chi connectivity index (χ0) is 14.4. The van der Waals surface area contributed by atoms with Crippen LogP contribution in [0.15, 0.2) is 73.9 Å². The number of hydrogen-bond acceptors (Lipinski definition) is 1. The van der Waals surface area contributed by atoms with Gasteiger partial charge in [0.25, 0.3) is 0 Å². The van der Waals surface area contributed by atoms with E-state index in [-0.39, 0.29) is 0 Å². The second-order valence-electron chi connectivity index (χ2n) is 4.24. The lowest BCUT2D eigenvalue weighted by Gasteiger charge is -2.07. The first-order valence-electron chi connectivity index (χ1n) is 6.54. The molecule has 2 nitrogen and oxygen atoms in total. The van der Waals surface area contributed by atoms with E-state index in [1.165, 1.54) is 0 Å². The van der Waals surface area contributed by atoms with Crippen LogP contribution in [0.4, 0.5) is 0 Å². The largest absolute Gasteiger partial charge is 0.233 e. The van der Waals surface area contributed by atoms with Crippen LogP contribution in [0.2, 0.25) is 0 Å². The van der Waals surface area contributed by atoms with Crippen molar-refractivity contribution in [2.45, 2.75) is 6.92 Å². The van der Waals surface area contributed by atoms with Gasteiger partial charge in [-0.25, -0.2) is 4.68 Å². The van der Waals surface area contributed by atoms with E-state index in [0.717, 1.165) is 22.6 Å². The van der Waals surface area contributed by atoms with Crippen LogP contribution < -0.4 is 0 Å². The monoisotopic (exact) mass is 262 g/mol. The molecule has 0 saturated heterocycles. The van der Waals surface area contributed by atoms with E-state index in [0.29, 0.717) is 0 Å². The fourth-order valence-corrected chi connectivity index (χ4v) is 1.97. The fourth-order valence-electron chi connectivity index (χ4n) is 1.97. The normalized spacial score (nSPS) is 11.8. The van der Waals surface area contributed by atoms with Gasteiger partial charge in [0.05, 0.1) is 17.1 Å². The van der Waals surface area contributed by atoms with Crippen LogP contribution in [-0.4, -0.2) is 9.78 Å². The van der Waals surface area contributed by atoms with Crippen molar-refractivity contribution < 1.29 is 0 Å². The lowest BCUT2D eigenvalue weighted by atomic mass is 10.1. The third-order valence-electron chi connectivity index (χ3n) is 2.96. The van der Waals surface area contributed by atoms with Gasteiger partial charge in [0.1, 0.15) is 0 Å². The molecular weight excluding hydrogens is 244 g/mol. The lowest BCUT2D eigenvalue weighted by molar-refractivity contribution is 0.863. The smallest absolute Gasteiger partial charge is 0.0856 e. The molecule has 0 unspecified atom stereocenters. The Hall–Kier alpha value is -2.61. The SMILES string of the molecule is C=C/C=C\C(=C/C)c1cc(C=C)nn1-c1ccccc1. The second kappa shape index (κ2) is 6.53. The van der Waals surface area contributed by atoms with Crippen molar-refractivity contribution >= 4 is 11.6 Å². The topological polar surface area (TPSA) is 17.8 Å². The van der Waals surface area contributed by atoms with Crippen molar-refractivity contribution in [3.8, 4) is 5.69 Å². The van der Waals surface area contributed by atoms with Gasteiger partial charge >= 0.3 is 0 Å². The van der Waals surface area contributed by atoms with Crippen LogP contribution >= 0.6 is 0 Å². The van der Waals surface area contributed by atoms with E-state index in [1.54, 1.807) is 12.2 Å². The molecule has 2 aromatic rings. The first kappa shape index (κ1) is 13.8. The molecule has 0 saturated carbocycles. The van der Waals surface area contributed by atoms with Gasteiger partial charge in [0, 0.05) is 0 Å². The van der Waals surface area contributed by atoms with Gasteiger partial charge in [0.15, 0.2) is 0 Å². The summed E-state index contributed by atoms with van der Waals surface area (Å²) in [4.78, 5) is 0. The summed E-state index contributed by atoms with van der Waals surface area (Å²) in [6.45, 7) is 9.52. The molecule has 0 radical (unpaired) electrons. The molecule has 0 spiro atoms. The summed E-state index contributed by atoms with van der Waals surface area (Å²) in [5.74, 6) is 0.